The number of aromatic nitrogens is 3. The molecule has 0 radical (unpaired) electrons. The summed E-state index contributed by atoms with van der Waals surface area (Å²) in [5, 5.41) is 7.11. The van der Waals surface area contributed by atoms with Crippen LogP contribution >= 0.6 is 23.1 Å². The lowest BCUT2D eigenvalue weighted by atomic mass is 9.98. The highest BCUT2D eigenvalue weighted by atomic mass is 32.2. The van der Waals surface area contributed by atoms with Crippen LogP contribution in [-0.2, 0) is 11.2 Å². The maximum Gasteiger partial charge on any atom is 0.260 e. The summed E-state index contributed by atoms with van der Waals surface area (Å²) in [6.45, 7) is 9.88. The highest BCUT2D eigenvalue weighted by Gasteiger charge is 2.20. The molecule has 0 bridgehead atoms. The van der Waals surface area contributed by atoms with Crippen LogP contribution in [0.3, 0.4) is 0 Å². The van der Waals surface area contributed by atoms with Crippen LogP contribution in [-0.4, -0.2) is 26.3 Å². The topological polar surface area (TPSA) is 101 Å². The van der Waals surface area contributed by atoms with Gasteiger partial charge in [0, 0.05) is 10.9 Å². The lowest BCUT2D eigenvalue weighted by Gasteiger charge is -2.10. The highest BCUT2D eigenvalue weighted by Crippen LogP contribution is 2.31. The molecular formula is C19H24N4O3S2. The number of nitrogens with one attached hydrogen (secondary N) is 2. The van der Waals surface area contributed by atoms with E-state index in [4.69, 9.17) is 4.52 Å². The SMILES string of the molecule is CC[C@@H](C)Cc1c(C)sc2nc(S[C@H](C)C(=O)Nc3cc(C)on3)[nH]c(=O)c12. The van der Waals surface area contributed by atoms with E-state index < -0.39 is 5.25 Å². The van der Waals surface area contributed by atoms with Gasteiger partial charge in [0.05, 0.1) is 10.6 Å². The van der Waals surface area contributed by atoms with Crippen molar-refractivity contribution in [3.05, 3.63) is 32.6 Å². The molecule has 2 N–H and O–H groups in total. The van der Waals surface area contributed by atoms with Gasteiger partial charge in [-0.15, -0.1) is 11.3 Å². The fourth-order valence-corrected chi connectivity index (χ4v) is 4.73. The van der Waals surface area contributed by atoms with Gasteiger partial charge in [0.15, 0.2) is 11.0 Å². The molecule has 0 aromatic carbocycles. The Labute approximate surface area is 171 Å². The minimum absolute atomic E-state index is 0.144. The Hall–Kier alpha value is -2.13. The van der Waals surface area contributed by atoms with Crippen molar-refractivity contribution in [2.45, 2.75) is 57.9 Å². The number of H-pyrrole nitrogens is 1. The average Bonchev–Trinajstić information content (AvgIpc) is 3.17. The van der Waals surface area contributed by atoms with Crippen molar-refractivity contribution >= 4 is 45.0 Å². The summed E-state index contributed by atoms with van der Waals surface area (Å²) in [6, 6.07) is 1.65. The van der Waals surface area contributed by atoms with E-state index >= 15 is 0 Å². The number of thioether (sulfide) groups is 1. The zero-order valence-corrected chi connectivity index (χ0v) is 18.2. The van der Waals surface area contributed by atoms with Crippen LogP contribution in [0.5, 0.6) is 0 Å². The number of aryl methyl sites for hydroxylation is 2. The Balaban J connectivity index is 1.80. The number of nitrogens with zero attached hydrogens (tertiary/aromatic N) is 2. The van der Waals surface area contributed by atoms with Gasteiger partial charge < -0.3 is 14.8 Å². The molecular weight excluding hydrogens is 396 g/mol. The number of hydrogen-bond donors (Lipinski definition) is 2. The molecule has 0 aliphatic heterocycles. The van der Waals surface area contributed by atoms with Crippen molar-refractivity contribution in [1.82, 2.24) is 15.1 Å². The van der Waals surface area contributed by atoms with Gasteiger partial charge in [-0.3, -0.25) is 9.59 Å². The summed E-state index contributed by atoms with van der Waals surface area (Å²) >= 11 is 2.74. The van der Waals surface area contributed by atoms with Crippen LogP contribution in [0.1, 0.15) is 43.4 Å². The average molecular weight is 421 g/mol. The summed E-state index contributed by atoms with van der Waals surface area (Å²) in [5.41, 5.74) is 0.946. The van der Waals surface area contributed by atoms with Crippen LogP contribution in [0.15, 0.2) is 20.5 Å². The zero-order chi connectivity index (χ0) is 20.4. The van der Waals surface area contributed by atoms with E-state index in [1.807, 2.05) is 6.92 Å². The van der Waals surface area contributed by atoms with Crippen LogP contribution in [0.2, 0.25) is 0 Å². The van der Waals surface area contributed by atoms with Crippen molar-refractivity contribution in [3.8, 4) is 0 Å². The van der Waals surface area contributed by atoms with E-state index in [1.165, 1.54) is 23.1 Å². The lowest BCUT2D eigenvalue weighted by Crippen LogP contribution is -2.23. The third-order valence-corrected chi connectivity index (χ3v) is 6.65. The van der Waals surface area contributed by atoms with Crippen LogP contribution in [0.25, 0.3) is 10.2 Å². The molecule has 0 saturated carbocycles. The van der Waals surface area contributed by atoms with E-state index in [-0.39, 0.29) is 11.5 Å². The largest absolute Gasteiger partial charge is 0.360 e. The molecule has 0 spiro atoms. The fourth-order valence-electron chi connectivity index (χ4n) is 2.82. The molecule has 9 heteroatoms. The molecule has 3 heterocycles. The standard InChI is InChI=1S/C19H24N4O3S2/c1-6-9(2)7-13-11(4)27-18-15(13)17(25)21-19(22-18)28-12(5)16(24)20-14-8-10(3)26-23-14/h8-9,12H,6-7H2,1-5H3,(H,20,23,24)(H,21,22,25)/t9-,12-/m1/s1. The maximum absolute atomic E-state index is 12.7. The van der Waals surface area contributed by atoms with Gasteiger partial charge in [0.25, 0.3) is 5.56 Å². The molecule has 0 unspecified atom stereocenters. The molecule has 3 aromatic heterocycles. The molecule has 1 amide bonds. The number of carbonyl (C=O) groups excluding carboxylic acids is 1. The molecule has 3 rings (SSSR count). The van der Waals surface area contributed by atoms with Crippen molar-refractivity contribution in [2.75, 3.05) is 5.32 Å². The number of anilines is 1. The summed E-state index contributed by atoms with van der Waals surface area (Å²) in [7, 11) is 0. The number of carbonyl (C=O) groups is 1. The Morgan fingerprint density at radius 1 is 1.39 bits per heavy atom. The number of rotatable bonds is 7. The number of thiophene rings is 1. The number of aromatic amines is 1. The predicted molar refractivity (Wildman–Crippen MR) is 113 cm³/mol. The molecule has 28 heavy (non-hydrogen) atoms. The molecule has 0 aliphatic carbocycles. The Kier molecular flexibility index (Phi) is 6.24. The number of hydrogen-bond acceptors (Lipinski definition) is 7. The third kappa shape index (κ3) is 4.47. The highest BCUT2D eigenvalue weighted by molar-refractivity contribution is 8.00. The molecule has 0 fully saturated rings. The molecule has 3 aromatic rings. The summed E-state index contributed by atoms with van der Waals surface area (Å²) in [5.74, 6) is 1.26. The summed E-state index contributed by atoms with van der Waals surface area (Å²) in [4.78, 5) is 34.4. The fraction of sp³-hybridized carbons (Fsp3) is 0.474. The second kappa shape index (κ2) is 8.48. The van der Waals surface area contributed by atoms with E-state index in [1.54, 1.807) is 19.9 Å². The van der Waals surface area contributed by atoms with Crippen molar-refractivity contribution in [3.63, 3.8) is 0 Å². The summed E-state index contributed by atoms with van der Waals surface area (Å²) in [6.07, 6.45) is 1.93. The zero-order valence-electron chi connectivity index (χ0n) is 16.6. The van der Waals surface area contributed by atoms with Gasteiger partial charge in [-0.25, -0.2) is 4.98 Å². The first-order valence-corrected chi connectivity index (χ1v) is 10.9. The van der Waals surface area contributed by atoms with Crippen LogP contribution < -0.4 is 10.9 Å². The monoisotopic (exact) mass is 420 g/mol. The van der Waals surface area contributed by atoms with Crippen molar-refractivity contribution in [2.24, 2.45) is 5.92 Å². The van der Waals surface area contributed by atoms with E-state index in [0.29, 0.717) is 28.0 Å². The van der Waals surface area contributed by atoms with Crippen LogP contribution in [0.4, 0.5) is 5.82 Å². The predicted octanol–water partition coefficient (Wildman–Crippen LogP) is 4.30. The smallest absolute Gasteiger partial charge is 0.260 e. The van der Waals surface area contributed by atoms with Gasteiger partial charge in [-0.05, 0) is 38.7 Å². The minimum Gasteiger partial charge on any atom is -0.360 e. The Morgan fingerprint density at radius 2 is 2.14 bits per heavy atom. The second-order valence-electron chi connectivity index (χ2n) is 6.98. The number of fused-ring (bicyclic) bond motifs is 1. The molecule has 150 valence electrons. The van der Waals surface area contributed by atoms with Gasteiger partial charge in [0.1, 0.15) is 10.6 Å². The number of amides is 1. The first kappa shape index (κ1) is 20.6. The van der Waals surface area contributed by atoms with Gasteiger partial charge in [0.2, 0.25) is 5.91 Å². The second-order valence-corrected chi connectivity index (χ2v) is 9.51. The minimum atomic E-state index is -0.460. The van der Waals surface area contributed by atoms with Gasteiger partial charge in [-0.1, -0.05) is 37.2 Å². The first-order chi connectivity index (χ1) is 13.3. The Bertz CT molecular complexity index is 1050. The van der Waals surface area contributed by atoms with E-state index in [2.05, 4.69) is 34.3 Å². The third-order valence-electron chi connectivity index (χ3n) is 4.63. The van der Waals surface area contributed by atoms with Crippen molar-refractivity contribution < 1.29 is 9.32 Å². The first-order valence-electron chi connectivity index (χ1n) is 9.21. The molecule has 2 atom stereocenters. The molecule has 0 aliphatic rings. The van der Waals surface area contributed by atoms with Crippen molar-refractivity contribution in [1.29, 1.82) is 0 Å². The van der Waals surface area contributed by atoms with Gasteiger partial charge >= 0.3 is 0 Å². The lowest BCUT2D eigenvalue weighted by molar-refractivity contribution is -0.115. The quantitative estimate of drug-likeness (QED) is 0.437. The van der Waals surface area contributed by atoms with E-state index in [0.717, 1.165) is 28.1 Å². The maximum atomic E-state index is 12.7. The summed E-state index contributed by atoms with van der Waals surface area (Å²) < 4.78 is 4.95. The normalized spacial score (nSPS) is 13.6. The van der Waals surface area contributed by atoms with Crippen LogP contribution in [0, 0.1) is 19.8 Å². The van der Waals surface area contributed by atoms with E-state index in [9.17, 15) is 9.59 Å². The molecule has 0 saturated heterocycles. The Morgan fingerprint density at radius 3 is 2.79 bits per heavy atom. The molecule has 7 nitrogen and oxygen atoms in total. The van der Waals surface area contributed by atoms with Gasteiger partial charge in [-0.2, -0.15) is 0 Å².